The fourth-order valence-electron chi connectivity index (χ4n) is 7.27. The van der Waals surface area contributed by atoms with Crippen molar-refractivity contribution in [1.82, 2.24) is 9.80 Å². The number of primary amides is 1. The number of benzene rings is 1. The number of allylic oxidation sites excluding steroid dienone is 1. The lowest BCUT2D eigenvalue weighted by atomic mass is 9.58. The molecular weight excluding hydrogens is 516 g/mol. The molecule has 1 aliphatic heterocycles. The summed E-state index contributed by atoms with van der Waals surface area (Å²) in [5.41, 5.74) is 4.73. The number of phenolic OH excluding ortho intramolecular Hbond substituents is 1. The maximum atomic E-state index is 14.2. The van der Waals surface area contributed by atoms with Crippen molar-refractivity contribution in [2.45, 2.75) is 63.9 Å². The van der Waals surface area contributed by atoms with Gasteiger partial charge < -0.3 is 31.1 Å². The number of likely N-dealkylation sites (N-methyl/N-ethyl adjacent to an activating group) is 1. The van der Waals surface area contributed by atoms with E-state index < -0.39 is 58.0 Å². The van der Waals surface area contributed by atoms with Crippen molar-refractivity contribution >= 4 is 23.2 Å². The van der Waals surface area contributed by atoms with Crippen LogP contribution in [0.15, 0.2) is 22.7 Å². The lowest BCUT2D eigenvalue weighted by Crippen LogP contribution is -2.63. The molecule has 216 valence electrons. The van der Waals surface area contributed by atoms with Gasteiger partial charge in [-0.2, -0.15) is 0 Å². The van der Waals surface area contributed by atoms with Gasteiger partial charge in [0.15, 0.2) is 11.4 Å². The van der Waals surface area contributed by atoms with E-state index in [0.717, 1.165) is 11.3 Å². The highest BCUT2D eigenvalue weighted by Gasteiger charge is 2.63. The molecular formula is C29H38N4O7. The Morgan fingerprint density at radius 3 is 2.15 bits per heavy atom. The third kappa shape index (κ3) is 3.57. The number of amides is 1. The Morgan fingerprint density at radius 2 is 1.62 bits per heavy atom. The van der Waals surface area contributed by atoms with E-state index in [1.54, 1.807) is 19.0 Å². The van der Waals surface area contributed by atoms with Crippen LogP contribution in [0.25, 0.3) is 0 Å². The van der Waals surface area contributed by atoms with Crippen LogP contribution in [0.4, 0.5) is 5.69 Å². The van der Waals surface area contributed by atoms with E-state index in [2.05, 4.69) is 25.7 Å². The predicted octanol–water partition coefficient (Wildman–Crippen LogP) is 1.30. The number of fused-ring (bicyclic) bond motifs is 4. The topological polar surface area (TPSA) is 168 Å². The molecule has 1 aromatic rings. The van der Waals surface area contributed by atoms with Gasteiger partial charge in [0.25, 0.3) is 5.91 Å². The van der Waals surface area contributed by atoms with Gasteiger partial charge in [0, 0.05) is 55.5 Å². The summed E-state index contributed by atoms with van der Waals surface area (Å²) in [5.74, 6) is -6.40. The van der Waals surface area contributed by atoms with Crippen LogP contribution in [0.2, 0.25) is 0 Å². The van der Waals surface area contributed by atoms with Gasteiger partial charge in [-0.05, 0) is 64.8 Å². The molecule has 0 bridgehead atoms. The second-order valence-corrected chi connectivity index (χ2v) is 12.9. The second kappa shape index (κ2) is 8.79. The van der Waals surface area contributed by atoms with Crippen LogP contribution in [0.1, 0.15) is 54.2 Å². The van der Waals surface area contributed by atoms with Gasteiger partial charge in [-0.3, -0.25) is 24.2 Å². The zero-order valence-electron chi connectivity index (χ0n) is 24.0. The Hall–Kier alpha value is -3.41. The molecule has 3 aliphatic carbocycles. The highest BCUT2D eigenvalue weighted by Crippen LogP contribution is 2.55. The monoisotopic (exact) mass is 554 g/mol. The number of carbonyl (C=O) groups is 3. The third-order valence-corrected chi connectivity index (χ3v) is 9.17. The van der Waals surface area contributed by atoms with Gasteiger partial charge in [0.2, 0.25) is 5.78 Å². The largest absolute Gasteiger partial charge is 0.510 e. The zero-order chi connectivity index (χ0) is 29.8. The maximum Gasteiger partial charge on any atom is 0.255 e. The Kier molecular flexibility index (Phi) is 6.18. The number of hydrogen-bond donors (Lipinski definition) is 5. The van der Waals surface area contributed by atoms with Gasteiger partial charge in [0.05, 0.1) is 11.6 Å². The van der Waals surface area contributed by atoms with Crippen LogP contribution in [0.5, 0.6) is 5.75 Å². The minimum absolute atomic E-state index is 0.0546. The van der Waals surface area contributed by atoms with Crippen LogP contribution >= 0.6 is 0 Å². The number of aliphatic hydroxyl groups is 3. The average molecular weight is 555 g/mol. The van der Waals surface area contributed by atoms with Crippen LogP contribution in [-0.4, -0.2) is 93.1 Å². The number of hydrogen-bond acceptors (Lipinski definition) is 10. The molecule has 0 radical (unpaired) electrons. The third-order valence-electron chi connectivity index (χ3n) is 9.17. The fraction of sp³-hybridized carbons (Fsp3) is 0.552. The molecule has 11 heteroatoms. The molecule has 4 aliphatic rings. The summed E-state index contributed by atoms with van der Waals surface area (Å²) in [5, 5.41) is 45.8. The smallest absolute Gasteiger partial charge is 0.255 e. The molecule has 0 saturated heterocycles. The normalized spacial score (nSPS) is 28.5. The number of nitrogens with zero attached hydrogens (tertiary/aromatic N) is 3. The van der Waals surface area contributed by atoms with Crippen molar-refractivity contribution in [1.29, 1.82) is 0 Å². The summed E-state index contributed by atoms with van der Waals surface area (Å²) in [6.07, 6.45) is 0.322. The first-order chi connectivity index (χ1) is 18.4. The average Bonchev–Trinajstić information content (AvgIpc) is 3.27. The van der Waals surface area contributed by atoms with Crippen LogP contribution < -0.4 is 10.6 Å². The summed E-state index contributed by atoms with van der Waals surface area (Å²) < 4.78 is 0. The quantitative estimate of drug-likeness (QED) is 0.344. The second-order valence-electron chi connectivity index (χ2n) is 12.9. The van der Waals surface area contributed by atoms with Crippen molar-refractivity contribution < 1.29 is 34.8 Å². The number of rotatable bonds is 3. The summed E-state index contributed by atoms with van der Waals surface area (Å²) in [4.78, 5) is 45.5. The van der Waals surface area contributed by atoms with Gasteiger partial charge in [0.1, 0.15) is 22.8 Å². The highest BCUT2D eigenvalue weighted by molar-refractivity contribution is 6.25. The summed E-state index contributed by atoms with van der Waals surface area (Å²) >= 11 is 0. The van der Waals surface area contributed by atoms with Crippen molar-refractivity contribution in [3.63, 3.8) is 0 Å². The molecule has 1 aromatic carbocycles. The van der Waals surface area contributed by atoms with E-state index in [0.29, 0.717) is 24.2 Å². The van der Waals surface area contributed by atoms with Gasteiger partial charge >= 0.3 is 0 Å². The van der Waals surface area contributed by atoms with E-state index in [1.807, 2.05) is 19.0 Å². The first-order valence-electron chi connectivity index (χ1n) is 13.4. The molecule has 1 amide bonds. The molecule has 0 fully saturated rings. The Balaban J connectivity index is 1.74. The molecule has 11 nitrogen and oxygen atoms in total. The Bertz CT molecular complexity index is 1430. The standard InChI is InChI=1S/C29H38N4O7/c1-28(2,3)33-10-14-15(11-33)22(34)18-13(20(14)31(4)5)8-12-9-16-21(32(6)7)24(36)19(27(30)39)26(38)29(16,40)25(37)17(12)23(18)35/h12,16,21,34,36-37,40H,8-11H2,1-7H3,(H2,30,39)/t12-,16-,21-,29-/m0/s1. The number of ketones is 2. The first-order valence-corrected chi connectivity index (χ1v) is 13.4. The van der Waals surface area contributed by atoms with E-state index in [4.69, 9.17) is 5.73 Å². The molecule has 40 heavy (non-hydrogen) atoms. The van der Waals surface area contributed by atoms with Crippen LogP contribution in [-0.2, 0) is 29.1 Å². The first kappa shape index (κ1) is 28.1. The van der Waals surface area contributed by atoms with Gasteiger partial charge in [-0.25, -0.2) is 0 Å². The number of aliphatic hydroxyl groups excluding tert-OH is 2. The Morgan fingerprint density at radius 1 is 1.02 bits per heavy atom. The van der Waals surface area contributed by atoms with Gasteiger partial charge in [-0.1, -0.05) is 0 Å². The molecule has 6 N–H and O–H groups in total. The molecule has 5 rings (SSSR count). The van der Waals surface area contributed by atoms with Crippen molar-refractivity contribution in [3.8, 4) is 5.75 Å². The van der Waals surface area contributed by atoms with E-state index >= 15 is 0 Å². The molecule has 0 spiro atoms. The number of nitrogens with two attached hydrogens (primary N) is 1. The summed E-state index contributed by atoms with van der Waals surface area (Å²) in [6.45, 7) is 7.27. The number of aromatic hydroxyl groups is 1. The fourth-order valence-corrected chi connectivity index (χ4v) is 7.27. The van der Waals surface area contributed by atoms with Crippen molar-refractivity contribution in [3.05, 3.63) is 44.9 Å². The molecule has 0 unspecified atom stereocenters. The number of carbonyl (C=O) groups excluding carboxylic acids is 3. The van der Waals surface area contributed by atoms with Gasteiger partial charge in [-0.15, -0.1) is 0 Å². The van der Waals surface area contributed by atoms with Crippen LogP contribution in [0, 0.1) is 11.8 Å². The SMILES string of the molecule is CN(C)c1c2c(c(O)c3c1C[C@H]1C[C@H]4[C@H](N(C)C)C(O)=C(C(N)=O)C(=O)[C@@]4(O)C(O)=C1C3=O)CN(C(C)(C)C)C2. The van der Waals surface area contributed by atoms with E-state index in [1.165, 1.54) is 0 Å². The molecule has 0 saturated carbocycles. The molecule has 1 heterocycles. The minimum Gasteiger partial charge on any atom is -0.510 e. The lowest BCUT2D eigenvalue weighted by molar-refractivity contribution is -0.148. The lowest BCUT2D eigenvalue weighted by Gasteiger charge is -2.50. The predicted molar refractivity (Wildman–Crippen MR) is 147 cm³/mol. The van der Waals surface area contributed by atoms with E-state index in [-0.39, 0.29) is 35.3 Å². The van der Waals surface area contributed by atoms with Crippen LogP contribution in [0.3, 0.4) is 0 Å². The molecule has 0 aromatic heterocycles. The summed E-state index contributed by atoms with van der Waals surface area (Å²) in [6, 6.07) is -1.02. The Labute approximate surface area is 233 Å². The molecule has 4 atom stereocenters. The highest BCUT2D eigenvalue weighted by atomic mass is 16.3. The number of Topliss-reactive ketones (excluding diaryl/α,β-unsaturated/α-hetero) is 2. The maximum absolute atomic E-state index is 14.2. The number of phenols is 1. The van der Waals surface area contributed by atoms with E-state index in [9.17, 15) is 34.8 Å². The number of anilines is 1. The van der Waals surface area contributed by atoms with Crippen molar-refractivity contribution in [2.75, 3.05) is 33.1 Å². The minimum atomic E-state index is -2.65. The van der Waals surface area contributed by atoms with Crippen molar-refractivity contribution in [2.24, 2.45) is 17.6 Å². The zero-order valence-corrected chi connectivity index (χ0v) is 24.0. The summed E-state index contributed by atoms with van der Waals surface area (Å²) in [7, 11) is 6.99.